The molecule has 2 aromatic carbocycles. The van der Waals surface area contributed by atoms with Gasteiger partial charge < -0.3 is 15.5 Å². The van der Waals surface area contributed by atoms with Crippen LogP contribution < -0.4 is 5.32 Å². The largest absolute Gasteiger partial charge is 0.508 e. The van der Waals surface area contributed by atoms with Crippen LogP contribution in [0.15, 0.2) is 65.8 Å². The Bertz CT molecular complexity index is 746. The van der Waals surface area contributed by atoms with Crippen molar-refractivity contribution in [2.75, 3.05) is 6.54 Å². The topological polar surface area (TPSA) is 64.9 Å². The van der Waals surface area contributed by atoms with Gasteiger partial charge in [0.05, 0.1) is 5.70 Å². The Morgan fingerprint density at radius 1 is 1.13 bits per heavy atom. The maximum atomic E-state index is 10.2. The Morgan fingerprint density at radius 3 is 2.39 bits per heavy atom. The van der Waals surface area contributed by atoms with Crippen LogP contribution in [0.5, 0.6) is 11.5 Å². The molecule has 2 aromatic rings. The Morgan fingerprint density at radius 2 is 1.78 bits per heavy atom. The van der Waals surface area contributed by atoms with Crippen LogP contribution in [-0.4, -0.2) is 23.5 Å². The summed E-state index contributed by atoms with van der Waals surface area (Å²) in [6.45, 7) is 10.2. The summed E-state index contributed by atoms with van der Waals surface area (Å²) in [6.07, 6.45) is 1.74. The van der Waals surface area contributed by atoms with Gasteiger partial charge >= 0.3 is 0 Å². The average Bonchev–Trinajstić information content (AvgIpc) is 2.54. The zero-order valence-corrected chi connectivity index (χ0v) is 13.1. The van der Waals surface area contributed by atoms with Gasteiger partial charge in [0.2, 0.25) is 0 Å². The number of likely N-dealkylation sites (N-methyl/N-ethyl adjacent to an activating group) is 1. The first-order valence-corrected chi connectivity index (χ1v) is 7.29. The van der Waals surface area contributed by atoms with Crippen LogP contribution in [0.2, 0.25) is 0 Å². The van der Waals surface area contributed by atoms with Crippen molar-refractivity contribution in [3.63, 3.8) is 0 Å². The predicted molar refractivity (Wildman–Crippen MR) is 95.6 cm³/mol. The van der Waals surface area contributed by atoms with Crippen molar-refractivity contribution in [2.24, 2.45) is 4.99 Å². The number of hydrogen-bond donors (Lipinski definition) is 3. The van der Waals surface area contributed by atoms with Crippen LogP contribution in [0, 0.1) is 0 Å². The van der Waals surface area contributed by atoms with Crippen molar-refractivity contribution in [3.8, 4) is 22.6 Å². The smallest absolute Gasteiger partial charge is 0.125 e. The van der Waals surface area contributed by atoms with Crippen LogP contribution in [0.3, 0.4) is 0 Å². The fraction of sp³-hybridized carbons (Fsp3) is 0.105. The first kappa shape index (κ1) is 16.4. The Hall–Kier alpha value is -3.01. The molecule has 0 atom stereocenters. The molecule has 23 heavy (non-hydrogen) atoms. The van der Waals surface area contributed by atoms with Gasteiger partial charge in [0.1, 0.15) is 11.5 Å². The summed E-state index contributed by atoms with van der Waals surface area (Å²) in [5.41, 5.74) is 3.64. The lowest BCUT2D eigenvalue weighted by Crippen LogP contribution is -2.09. The summed E-state index contributed by atoms with van der Waals surface area (Å²) in [5.74, 6) is 0.332. The van der Waals surface area contributed by atoms with Gasteiger partial charge in [-0.2, -0.15) is 0 Å². The van der Waals surface area contributed by atoms with Gasteiger partial charge in [0.15, 0.2) is 0 Å². The number of aromatic hydroxyl groups is 2. The highest BCUT2D eigenvalue weighted by Gasteiger charge is 2.09. The molecule has 0 fully saturated rings. The number of phenolic OH excluding ortho intramolecular Hbond substituents is 2. The molecule has 3 N–H and O–H groups in total. The van der Waals surface area contributed by atoms with Crippen molar-refractivity contribution < 1.29 is 10.2 Å². The second kappa shape index (κ2) is 7.31. The summed E-state index contributed by atoms with van der Waals surface area (Å²) >= 11 is 0. The molecule has 0 aliphatic carbocycles. The highest BCUT2D eigenvalue weighted by Crippen LogP contribution is 2.32. The quantitative estimate of drug-likeness (QED) is 0.559. The van der Waals surface area contributed by atoms with E-state index in [1.54, 1.807) is 24.3 Å². The highest BCUT2D eigenvalue weighted by atomic mass is 16.3. The monoisotopic (exact) mass is 308 g/mol. The highest BCUT2D eigenvalue weighted by molar-refractivity contribution is 5.78. The van der Waals surface area contributed by atoms with E-state index in [-0.39, 0.29) is 11.5 Å². The average molecular weight is 308 g/mol. The number of benzene rings is 2. The molecule has 0 aliphatic heterocycles. The van der Waals surface area contributed by atoms with Gasteiger partial charge in [-0.25, -0.2) is 0 Å². The number of hydrogen-bond acceptors (Lipinski definition) is 4. The first-order chi connectivity index (χ1) is 11.0. The zero-order chi connectivity index (χ0) is 16.8. The lowest BCUT2D eigenvalue weighted by atomic mass is 10.0. The van der Waals surface area contributed by atoms with E-state index in [1.807, 2.05) is 31.2 Å². The third-order valence-electron chi connectivity index (χ3n) is 3.36. The molecule has 0 saturated carbocycles. The number of aliphatic imine (C=N–C) groups is 1. The molecule has 0 amide bonds. The second-order valence-corrected chi connectivity index (χ2v) is 5.02. The molecule has 0 saturated heterocycles. The van der Waals surface area contributed by atoms with Crippen molar-refractivity contribution in [1.29, 1.82) is 0 Å². The standard InChI is InChI=1S/C19H20N2O2/c1-4-21-13(2)11-18(20-3)17-12-15(7-10-19(17)23)14-5-8-16(22)9-6-14/h5-12,21-23H,2-4H2,1H3/b18-11-. The molecule has 4 heteroatoms. The molecule has 0 heterocycles. The van der Waals surface area contributed by atoms with Crippen LogP contribution in [0.1, 0.15) is 12.5 Å². The lowest BCUT2D eigenvalue weighted by molar-refractivity contribution is 0.473. The Balaban J connectivity index is 2.45. The Kier molecular flexibility index (Phi) is 5.20. The number of nitrogens with one attached hydrogen (secondary N) is 1. The van der Waals surface area contributed by atoms with Crippen LogP contribution in [0.25, 0.3) is 16.8 Å². The normalized spacial score (nSPS) is 11.1. The minimum absolute atomic E-state index is 0.121. The van der Waals surface area contributed by atoms with E-state index < -0.39 is 0 Å². The number of allylic oxidation sites excluding steroid dienone is 1. The minimum Gasteiger partial charge on any atom is -0.508 e. The van der Waals surface area contributed by atoms with Crippen molar-refractivity contribution in [2.45, 2.75) is 6.92 Å². The van der Waals surface area contributed by atoms with E-state index in [0.717, 1.165) is 17.7 Å². The molecular formula is C19H20N2O2. The first-order valence-electron chi connectivity index (χ1n) is 7.29. The molecule has 0 radical (unpaired) electrons. The van der Waals surface area contributed by atoms with Crippen LogP contribution in [0.4, 0.5) is 0 Å². The maximum Gasteiger partial charge on any atom is 0.125 e. The van der Waals surface area contributed by atoms with E-state index in [1.165, 1.54) is 0 Å². The molecule has 0 aromatic heterocycles. The molecule has 118 valence electrons. The summed E-state index contributed by atoms with van der Waals surface area (Å²) in [5, 5.41) is 22.6. The molecule has 0 aliphatic rings. The summed E-state index contributed by atoms with van der Waals surface area (Å²) < 4.78 is 0. The fourth-order valence-electron chi connectivity index (χ4n) is 2.23. The van der Waals surface area contributed by atoms with E-state index in [2.05, 4.69) is 23.6 Å². The van der Waals surface area contributed by atoms with Crippen molar-refractivity contribution in [1.82, 2.24) is 5.32 Å². The molecule has 0 spiro atoms. The van der Waals surface area contributed by atoms with E-state index >= 15 is 0 Å². The van der Waals surface area contributed by atoms with E-state index in [4.69, 9.17) is 0 Å². The number of nitrogens with zero attached hydrogens (tertiary/aromatic N) is 1. The minimum atomic E-state index is 0.121. The van der Waals surface area contributed by atoms with Gasteiger partial charge in [-0.3, -0.25) is 4.99 Å². The van der Waals surface area contributed by atoms with Gasteiger partial charge in [0.25, 0.3) is 0 Å². The third-order valence-corrected chi connectivity index (χ3v) is 3.36. The van der Waals surface area contributed by atoms with Gasteiger partial charge in [0, 0.05) is 17.8 Å². The SMILES string of the molecule is C=N/C(=C\C(=C)NCC)c1cc(-c2ccc(O)cc2)ccc1O. The zero-order valence-electron chi connectivity index (χ0n) is 13.1. The summed E-state index contributed by atoms with van der Waals surface area (Å²) in [4.78, 5) is 4.00. The Labute approximate surface area is 136 Å². The van der Waals surface area contributed by atoms with Gasteiger partial charge in [-0.1, -0.05) is 24.8 Å². The fourth-order valence-corrected chi connectivity index (χ4v) is 2.23. The second-order valence-electron chi connectivity index (χ2n) is 5.02. The van der Waals surface area contributed by atoms with Gasteiger partial charge in [-0.05, 0) is 55.1 Å². The number of phenols is 2. The molecular weight excluding hydrogens is 288 g/mol. The maximum absolute atomic E-state index is 10.2. The summed E-state index contributed by atoms with van der Waals surface area (Å²) in [7, 11) is 0. The van der Waals surface area contributed by atoms with Crippen molar-refractivity contribution in [3.05, 3.63) is 66.4 Å². The van der Waals surface area contributed by atoms with Gasteiger partial charge in [-0.15, -0.1) is 0 Å². The number of rotatable bonds is 6. The molecule has 4 nitrogen and oxygen atoms in total. The summed E-state index contributed by atoms with van der Waals surface area (Å²) in [6, 6.07) is 12.1. The van der Waals surface area contributed by atoms with Crippen molar-refractivity contribution >= 4 is 12.4 Å². The van der Waals surface area contributed by atoms with E-state index in [0.29, 0.717) is 17.0 Å². The lowest BCUT2D eigenvalue weighted by Gasteiger charge is -2.10. The molecule has 0 bridgehead atoms. The molecule has 0 unspecified atom stereocenters. The third kappa shape index (κ3) is 4.01. The predicted octanol–water partition coefficient (Wildman–Crippen LogP) is 3.93. The van der Waals surface area contributed by atoms with Crippen LogP contribution in [-0.2, 0) is 0 Å². The molecule has 2 rings (SSSR count). The van der Waals surface area contributed by atoms with Crippen LogP contribution >= 0.6 is 0 Å². The van der Waals surface area contributed by atoms with E-state index in [9.17, 15) is 10.2 Å².